The highest BCUT2D eigenvalue weighted by molar-refractivity contribution is 5.87. The van der Waals surface area contributed by atoms with E-state index in [0.29, 0.717) is 5.92 Å². The van der Waals surface area contributed by atoms with Gasteiger partial charge < -0.3 is 5.21 Å². The Labute approximate surface area is 73.4 Å². The van der Waals surface area contributed by atoms with E-state index in [1.165, 1.54) is 5.57 Å². The van der Waals surface area contributed by atoms with Gasteiger partial charge in [0.1, 0.15) is 0 Å². The molecular weight excluding hydrogens is 162 g/mol. The van der Waals surface area contributed by atoms with Crippen molar-refractivity contribution in [3.05, 3.63) is 11.6 Å². The maximum Gasteiger partial charge on any atom is 0.0616 e. The predicted molar refractivity (Wildman–Crippen MR) is 48.6 cm³/mol. The topological polar surface area (TPSA) is 32.6 Å². The van der Waals surface area contributed by atoms with Gasteiger partial charge in [-0.2, -0.15) is 0 Å². The maximum atomic E-state index is 8.49. The molecule has 11 heavy (non-hydrogen) atoms. The number of rotatable bonds is 0. The molecule has 0 aromatic carbocycles. The van der Waals surface area contributed by atoms with E-state index in [1.54, 1.807) is 0 Å². The fraction of sp³-hybridized carbons (Fsp3) is 0.625. The molecule has 0 fully saturated rings. The van der Waals surface area contributed by atoms with E-state index in [2.05, 4.69) is 25.1 Å². The zero-order chi connectivity index (χ0) is 7.56. The molecule has 0 aromatic heterocycles. The Morgan fingerprint density at radius 1 is 1.64 bits per heavy atom. The molecule has 1 atom stereocenters. The Kier molecular flexibility index (Phi) is 4.19. The van der Waals surface area contributed by atoms with Crippen molar-refractivity contribution in [1.82, 2.24) is 0 Å². The van der Waals surface area contributed by atoms with Crippen molar-refractivity contribution in [2.75, 3.05) is 0 Å². The molecule has 0 amide bonds. The number of halogens is 1. The van der Waals surface area contributed by atoms with E-state index in [4.69, 9.17) is 5.21 Å². The third-order valence-electron chi connectivity index (χ3n) is 1.75. The number of hydrogen-bond donors (Lipinski definition) is 1. The molecule has 3 heteroatoms. The highest BCUT2D eigenvalue weighted by Crippen LogP contribution is 2.19. The molecule has 1 aliphatic carbocycles. The summed E-state index contributed by atoms with van der Waals surface area (Å²) in [4.78, 5) is 0. The summed E-state index contributed by atoms with van der Waals surface area (Å²) in [6.07, 6.45) is 3.99. The lowest BCUT2D eigenvalue weighted by Crippen LogP contribution is -2.10. The average Bonchev–Trinajstić information content (AvgIpc) is 1.85. The van der Waals surface area contributed by atoms with Crippen LogP contribution >= 0.6 is 12.4 Å². The summed E-state index contributed by atoms with van der Waals surface area (Å²) in [6.45, 7) is 4.20. The molecule has 0 aliphatic heterocycles. The van der Waals surface area contributed by atoms with Crippen LogP contribution in [0.4, 0.5) is 0 Å². The van der Waals surface area contributed by atoms with Crippen molar-refractivity contribution in [2.24, 2.45) is 11.1 Å². The zero-order valence-corrected chi connectivity index (χ0v) is 7.69. The second-order valence-electron chi connectivity index (χ2n) is 3.04. The zero-order valence-electron chi connectivity index (χ0n) is 6.87. The van der Waals surface area contributed by atoms with E-state index in [1.807, 2.05) is 0 Å². The predicted octanol–water partition coefficient (Wildman–Crippen LogP) is 2.61. The summed E-state index contributed by atoms with van der Waals surface area (Å²) in [5.74, 6) is 0.541. The minimum absolute atomic E-state index is 0. The fourth-order valence-corrected chi connectivity index (χ4v) is 1.45. The van der Waals surface area contributed by atoms with E-state index in [-0.39, 0.29) is 12.4 Å². The molecule has 0 spiro atoms. The van der Waals surface area contributed by atoms with Crippen LogP contribution in [-0.2, 0) is 0 Å². The molecule has 1 unspecified atom stereocenters. The molecule has 0 heterocycles. The van der Waals surface area contributed by atoms with Gasteiger partial charge in [-0.15, -0.1) is 12.4 Å². The van der Waals surface area contributed by atoms with Gasteiger partial charge in [0.05, 0.1) is 5.71 Å². The number of allylic oxidation sites excluding steroid dienone is 2. The SMILES string of the molecule is CC1=CC(C)CC(=NO)C1.Cl. The number of hydrogen-bond acceptors (Lipinski definition) is 2. The first-order valence-corrected chi connectivity index (χ1v) is 3.59. The van der Waals surface area contributed by atoms with E-state index in [9.17, 15) is 0 Å². The quantitative estimate of drug-likeness (QED) is 0.343. The Hall–Kier alpha value is -0.500. The summed E-state index contributed by atoms with van der Waals surface area (Å²) in [5.41, 5.74) is 2.22. The lowest BCUT2D eigenvalue weighted by molar-refractivity contribution is 0.315. The average molecular weight is 176 g/mol. The normalized spacial score (nSPS) is 27.6. The highest BCUT2D eigenvalue weighted by atomic mass is 35.5. The van der Waals surface area contributed by atoms with Gasteiger partial charge >= 0.3 is 0 Å². The van der Waals surface area contributed by atoms with E-state index in [0.717, 1.165) is 18.6 Å². The lowest BCUT2D eigenvalue weighted by Gasteiger charge is -2.15. The first kappa shape index (κ1) is 10.5. The summed E-state index contributed by atoms with van der Waals surface area (Å²) in [6, 6.07) is 0. The summed E-state index contributed by atoms with van der Waals surface area (Å²) in [7, 11) is 0. The first-order chi connectivity index (χ1) is 4.72. The first-order valence-electron chi connectivity index (χ1n) is 3.59. The molecule has 64 valence electrons. The van der Waals surface area contributed by atoms with Crippen molar-refractivity contribution in [3.63, 3.8) is 0 Å². The standard InChI is InChI=1S/C8H13NO.ClH/c1-6-3-7(2)5-8(4-6)9-10;/h3,6,10H,4-5H2,1-2H3;1H. The Balaban J connectivity index is 0.000001000. The van der Waals surface area contributed by atoms with E-state index >= 15 is 0 Å². The van der Waals surface area contributed by atoms with Gasteiger partial charge in [0.15, 0.2) is 0 Å². The van der Waals surface area contributed by atoms with Gasteiger partial charge in [-0.3, -0.25) is 0 Å². The van der Waals surface area contributed by atoms with Crippen molar-refractivity contribution in [1.29, 1.82) is 0 Å². The van der Waals surface area contributed by atoms with Crippen molar-refractivity contribution in [3.8, 4) is 0 Å². The van der Waals surface area contributed by atoms with Gasteiger partial charge in [-0.1, -0.05) is 23.7 Å². The largest absolute Gasteiger partial charge is 0.411 e. The van der Waals surface area contributed by atoms with Gasteiger partial charge in [-0.05, 0) is 19.3 Å². The Morgan fingerprint density at radius 2 is 2.27 bits per heavy atom. The minimum Gasteiger partial charge on any atom is -0.411 e. The molecule has 2 nitrogen and oxygen atoms in total. The van der Waals surface area contributed by atoms with Gasteiger partial charge in [-0.25, -0.2) is 0 Å². The maximum absolute atomic E-state index is 8.49. The monoisotopic (exact) mass is 175 g/mol. The molecule has 1 rings (SSSR count). The number of oxime groups is 1. The third kappa shape index (κ3) is 2.93. The van der Waals surface area contributed by atoms with Crippen LogP contribution in [0.15, 0.2) is 16.8 Å². The minimum atomic E-state index is 0. The molecule has 1 N–H and O–H groups in total. The van der Waals surface area contributed by atoms with Crippen LogP contribution < -0.4 is 0 Å². The van der Waals surface area contributed by atoms with Crippen LogP contribution in [0.5, 0.6) is 0 Å². The molecule has 1 aliphatic rings. The Bertz CT molecular complexity index is 187. The number of nitrogens with zero attached hydrogens (tertiary/aromatic N) is 1. The third-order valence-corrected chi connectivity index (χ3v) is 1.75. The fourth-order valence-electron chi connectivity index (χ4n) is 1.45. The van der Waals surface area contributed by atoms with Crippen LogP contribution in [0.25, 0.3) is 0 Å². The molecule has 0 aromatic rings. The summed E-state index contributed by atoms with van der Waals surface area (Å²) in [5, 5.41) is 11.7. The Morgan fingerprint density at radius 3 is 2.73 bits per heavy atom. The molecule has 0 saturated heterocycles. The van der Waals surface area contributed by atoms with Crippen LogP contribution in [0.1, 0.15) is 26.7 Å². The highest BCUT2D eigenvalue weighted by Gasteiger charge is 2.12. The molecule has 0 bridgehead atoms. The van der Waals surface area contributed by atoms with E-state index < -0.39 is 0 Å². The van der Waals surface area contributed by atoms with Gasteiger partial charge in [0.25, 0.3) is 0 Å². The van der Waals surface area contributed by atoms with Crippen LogP contribution in [0, 0.1) is 5.92 Å². The van der Waals surface area contributed by atoms with Gasteiger partial charge in [0.2, 0.25) is 0 Å². The second kappa shape index (κ2) is 4.39. The van der Waals surface area contributed by atoms with Crippen LogP contribution in [0.2, 0.25) is 0 Å². The van der Waals surface area contributed by atoms with Crippen LogP contribution in [-0.4, -0.2) is 10.9 Å². The smallest absolute Gasteiger partial charge is 0.0616 e. The lowest BCUT2D eigenvalue weighted by atomic mass is 9.91. The second-order valence-corrected chi connectivity index (χ2v) is 3.04. The summed E-state index contributed by atoms with van der Waals surface area (Å²) < 4.78 is 0. The molecular formula is C8H14ClNO. The van der Waals surface area contributed by atoms with Crippen molar-refractivity contribution >= 4 is 18.1 Å². The molecule has 0 saturated carbocycles. The van der Waals surface area contributed by atoms with Crippen molar-refractivity contribution < 1.29 is 5.21 Å². The molecule has 0 radical (unpaired) electrons. The van der Waals surface area contributed by atoms with Gasteiger partial charge in [0, 0.05) is 6.42 Å². The van der Waals surface area contributed by atoms with Crippen LogP contribution in [0.3, 0.4) is 0 Å². The van der Waals surface area contributed by atoms with Crippen molar-refractivity contribution in [2.45, 2.75) is 26.7 Å². The summed E-state index contributed by atoms with van der Waals surface area (Å²) >= 11 is 0.